The molecule has 1 rings (SSSR count). The summed E-state index contributed by atoms with van der Waals surface area (Å²) in [6, 6.07) is 4.54. The number of nitrogen functional groups attached to an aromatic ring is 1. The van der Waals surface area contributed by atoms with E-state index in [0.29, 0.717) is 15.9 Å². The SMILES string of the molecule is CC(C)(C)OC(=O)N=S(C)(=O)c1ccc(N)c(P(C)(C)=O)c1. The zero-order chi connectivity index (χ0) is 17.3. The monoisotopic (exact) mass is 346 g/mol. The molecule has 1 aromatic carbocycles. The largest absolute Gasteiger partial charge is 0.442 e. The molecule has 1 atom stereocenters. The average molecular weight is 346 g/mol. The van der Waals surface area contributed by atoms with Crippen molar-refractivity contribution >= 4 is 34.0 Å². The molecule has 0 fully saturated rings. The van der Waals surface area contributed by atoms with Crippen molar-refractivity contribution < 1.29 is 18.3 Å². The summed E-state index contributed by atoms with van der Waals surface area (Å²) in [5.74, 6) is 0. The van der Waals surface area contributed by atoms with Crippen molar-refractivity contribution in [1.82, 2.24) is 0 Å². The molecule has 0 saturated carbocycles. The summed E-state index contributed by atoms with van der Waals surface area (Å²) in [6.07, 6.45) is 0.442. The van der Waals surface area contributed by atoms with Crippen molar-refractivity contribution in [3.63, 3.8) is 0 Å². The molecule has 22 heavy (non-hydrogen) atoms. The van der Waals surface area contributed by atoms with Crippen molar-refractivity contribution in [1.29, 1.82) is 0 Å². The standard InChI is InChI=1S/C14H23N2O4PS/c1-14(2,3)20-13(17)16-22(6,19)10-7-8-11(15)12(9-10)21(4,5)18/h7-9H,15H2,1-6H3. The normalized spacial score (nSPS) is 15.0. The summed E-state index contributed by atoms with van der Waals surface area (Å²) in [7, 11) is -5.64. The van der Waals surface area contributed by atoms with Gasteiger partial charge in [-0.3, -0.25) is 0 Å². The topological polar surface area (TPSA) is 98.8 Å². The number of ether oxygens (including phenoxy) is 1. The second-order valence-corrected chi connectivity index (χ2v) is 11.9. The Kier molecular flexibility index (Phi) is 5.15. The van der Waals surface area contributed by atoms with Crippen LogP contribution >= 0.6 is 7.14 Å². The lowest BCUT2D eigenvalue weighted by Gasteiger charge is -2.18. The number of benzene rings is 1. The summed E-state index contributed by atoms with van der Waals surface area (Å²) >= 11 is 0. The number of hydrogen-bond donors (Lipinski definition) is 1. The summed E-state index contributed by atoms with van der Waals surface area (Å²) in [5, 5.41) is 0.430. The highest BCUT2D eigenvalue weighted by Gasteiger charge is 2.20. The lowest BCUT2D eigenvalue weighted by Crippen LogP contribution is -2.22. The van der Waals surface area contributed by atoms with Crippen LogP contribution in [0.15, 0.2) is 27.5 Å². The summed E-state index contributed by atoms with van der Waals surface area (Å²) in [6.45, 7) is 8.24. The zero-order valence-electron chi connectivity index (χ0n) is 13.7. The Morgan fingerprint density at radius 3 is 2.32 bits per heavy atom. The second-order valence-electron chi connectivity index (χ2n) is 6.45. The molecule has 6 nitrogen and oxygen atoms in total. The van der Waals surface area contributed by atoms with E-state index in [2.05, 4.69) is 4.36 Å². The van der Waals surface area contributed by atoms with Gasteiger partial charge in [-0.1, -0.05) is 0 Å². The predicted molar refractivity (Wildman–Crippen MR) is 90.9 cm³/mol. The predicted octanol–water partition coefficient (Wildman–Crippen LogP) is 2.91. The number of carbonyl (C=O) groups excluding carboxylic acids is 1. The average Bonchev–Trinajstić information content (AvgIpc) is 2.23. The van der Waals surface area contributed by atoms with Gasteiger partial charge in [-0.05, 0) is 52.3 Å². The summed E-state index contributed by atoms with van der Waals surface area (Å²) < 4.78 is 33.6. The maximum atomic E-state index is 12.7. The van der Waals surface area contributed by atoms with Gasteiger partial charge in [-0.15, -0.1) is 4.36 Å². The molecule has 0 heterocycles. The molecule has 1 aromatic rings. The molecule has 0 saturated heterocycles. The van der Waals surface area contributed by atoms with Crippen molar-refractivity contribution in [2.75, 3.05) is 25.3 Å². The van der Waals surface area contributed by atoms with Gasteiger partial charge >= 0.3 is 6.09 Å². The lowest BCUT2D eigenvalue weighted by atomic mass is 10.2. The van der Waals surface area contributed by atoms with E-state index in [9.17, 15) is 13.6 Å². The molecular formula is C14H23N2O4PS. The van der Waals surface area contributed by atoms with Crippen LogP contribution in [0.2, 0.25) is 0 Å². The molecule has 0 aromatic heterocycles. The number of rotatable bonds is 2. The van der Waals surface area contributed by atoms with Crippen LogP contribution in [0.5, 0.6) is 0 Å². The van der Waals surface area contributed by atoms with Crippen molar-refractivity contribution in [2.24, 2.45) is 4.36 Å². The van der Waals surface area contributed by atoms with Gasteiger partial charge in [0.05, 0.1) is 9.73 Å². The molecule has 1 amide bonds. The lowest BCUT2D eigenvalue weighted by molar-refractivity contribution is 0.0607. The molecule has 0 aliphatic heterocycles. The molecule has 2 N–H and O–H groups in total. The Morgan fingerprint density at radius 1 is 1.32 bits per heavy atom. The van der Waals surface area contributed by atoms with E-state index in [1.54, 1.807) is 34.1 Å². The number of nitrogens with two attached hydrogens (primary N) is 1. The Bertz CT molecular complexity index is 753. The second kappa shape index (κ2) is 6.05. The minimum absolute atomic E-state index is 0.298. The summed E-state index contributed by atoms with van der Waals surface area (Å²) in [5.41, 5.74) is 5.46. The van der Waals surface area contributed by atoms with E-state index in [1.807, 2.05) is 0 Å². The van der Waals surface area contributed by atoms with E-state index >= 15 is 0 Å². The first kappa shape index (κ1) is 18.7. The fraction of sp³-hybridized carbons (Fsp3) is 0.500. The first-order valence-corrected chi connectivity index (χ1v) is 11.1. The van der Waals surface area contributed by atoms with Crippen LogP contribution < -0.4 is 11.0 Å². The van der Waals surface area contributed by atoms with Gasteiger partial charge in [0.1, 0.15) is 12.7 Å². The molecular weight excluding hydrogens is 323 g/mol. The van der Waals surface area contributed by atoms with Gasteiger partial charge < -0.3 is 15.0 Å². The first-order valence-electron chi connectivity index (χ1n) is 6.62. The number of amides is 1. The third-order valence-corrected chi connectivity index (χ3v) is 5.84. The van der Waals surface area contributed by atoms with Gasteiger partial charge in [0.2, 0.25) is 0 Å². The molecule has 1 unspecified atom stereocenters. The van der Waals surface area contributed by atoms with Crippen LogP contribution in [-0.4, -0.2) is 35.5 Å². The number of carbonyl (C=O) groups is 1. The fourth-order valence-corrected chi connectivity index (χ4v) is 4.02. The molecule has 0 bridgehead atoms. The van der Waals surface area contributed by atoms with E-state index in [0.717, 1.165) is 0 Å². The highest BCUT2D eigenvalue weighted by molar-refractivity contribution is 7.93. The van der Waals surface area contributed by atoms with E-state index in [-0.39, 0.29) is 0 Å². The van der Waals surface area contributed by atoms with Crippen molar-refractivity contribution in [3.8, 4) is 0 Å². The van der Waals surface area contributed by atoms with E-state index in [1.165, 1.54) is 24.5 Å². The van der Waals surface area contributed by atoms with Crippen LogP contribution in [0.3, 0.4) is 0 Å². The minimum Gasteiger partial charge on any atom is -0.442 e. The maximum Gasteiger partial charge on any atom is 0.442 e. The third kappa shape index (κ3) is 5.14. The van der Waals surface area contributed by atoms with Crippen LogP contribution in [0.4, 0.5) is 10.5 Å². The highest BCUT2D eigenvalue weighted by Crippen LogP contribution is 2.37. The number of hydrogen-bond acceptors (Lipinski definition) is 5. The summed E-state index contributed by atoms with van der Waals surface area (Å²) in [4.78, 5) is 12.0. The number of nitrogens with zero attached hydrogens (tertiary/aromatic N) is 1. The smallest absolute Gasteiger partial charge is 0.442 e. The molecule has 0 aliphatic carbocycles. The Morgan fingerprint density at radius 2 is 1.86 bits per heavy atom. The van der Waals surface area contributed by atoms with Crippen molar-refractivity contribution in [2.45, 2.75) is 31.3 Å². The number of anilines is 1. The molecule has 0 spiro atoms. The Balaban J connectivity index is 3.33. The van der Waals surface area contributed by atoms with Gasteiger partial charge in [-0.25, -0.2) is 9.00 Å². The highest BCUT2D eigenvalue weighted by atomic mass is 32.2. The van der Waals surface area contributed by atoms with Gasteiger partial charge in [0.25, 0.3) is 0 Å². The van der Waals surface area contributed by atoms with Crippen LogP contribution in [0, 0.1) is 0 Å². The first-order chi connectivity index (χ1) is 9.72. The van der Waals surface area contributed by atoms with Crippen molar-refractivity contribution in [3.05, 3.63) is 18.2 Å². The third-order valence-electron chi connectivity index (χ3n) is 2.66. The van der Waals surface area contributed by atoms with Gasteiger partial charge in [-0.2, -0.15) is 0 Å². The quantitative estimate of drug-likeness (QED) is 0.656. The molecule has 124 valence electrons. The molecule has 8 heteroatoms. The Hall–Kier alpha value is -1.33. The van der Waals surface area contributed by atoms with E-state index in [4.69, 9.17) is 10.5 Å². The fourth-order valence-electron chi connectivity index (χ4n) is 1.70. The maximum absolute atomic E-state index is 12.7. The van der Waals surface area contributed by atoms with Crippen LogP contribution in [0.1, 0.15) is 20.8 Å². The van der Waals surface area contributed by atoms with Crippen LogP contribution in [-0.2, 0) is 19.0 Å². The molecule has 0 radical (unpaired) electrons. The minimum atomic E-state index is -3.01. The van der Waals surface area contributed by atoms with Gasteiger partial charge in [0, 0.05) is 22.1 Å². The van der Waals surface area contributed by atoms with E-state index < -0.39 is 28.6 Å². The Labute approximate surface area is 132 Å². The van der Waals surface area contributed by atoms with Gasteiger partial charge in [0.15, 0.2) is 0 Å². The molecule has 0 aliphatic rings. The van der Waals surface area contributed by atoms with Crippen LogP contribution in [0.25, 0.3) is 0 Å². The zero-order valence-corrected chi connectivity index (χ0v) is 15.5.